The number of primary amides is 1. The van der Waals surface area contributed by atoms with E-state index in [0.29, 0.717) is 15.7 Å². The molecule has 0 spiro atoms. The Balaban J connectivity index is 1.93. The number of nitrogens with zero attached hydrogens (tertiary/aromatic N) is 2. The van der Waals surface area contributed by atoms with Crippen LogP contribution < -0.4 is 5.73 Å². The van der Waals surface area contributed by atoms with Crippen molar-refractivity contribution in [2.75, 3.05) is 5.75 Å². The SMILES string of the molecule is NC(=O)C(=C1SCC(c2ccc(Cl)cc2Cl)S1)n1ccnc1. The van der Waals surface area contributed by atoms with Crippen LogP contribution in [0, 0.1) is 0 Å². The Kier molecular flexibility index (Phi) is 4.73. The second-order valence-electron chi connectivity index (χ2n) is 4.55. The van der Waals surface area contributed by atoms with Crippen molar-refractivity contribution in [2.45, 2.75) is 5.25 Å². The van der Waals surface area contributed by atoms with E-state index in [4.69, 9.17) is 28.9 Å². The van der Waals surface area contributed by atoms with Gasteiger partial charge in [0.1, 0.15) is 5.70 Å². The minimum absolute atomic E-state index is 0.155. The van der Waals surface area contributed by atoms with Gasteiger partial charge in [0, 0.05) is 33.4 Å². The number of hydrogen-bond donors (Lipinski definition) is 1. The summed E-state index contributed by atoms with van der Waals surface area (Å²) in [4.78, 5) is 15.7. The maximum Gasteiger partial charge on any atom is 0.267 e. The number of hydrogen-bond acceptors (Lipinski definition) is 4. The highest BCUT2D eigenvalue weighted by Gasteiger charge is 2.29. The highest BCUT2D eigenvalue weighted by atomic mass is 35.5. The predicted molar refractivity (Wildman–Crippen MR) is 93.9 cm³/mol. The Bertz CT molecular complexity index is 747. The van der Waals surface area contributed by atoms with E-state index in [0.717, 1.165) is 15.6 Å². The molecular weight excluding hydrogens is 361 g/mol. The van der Waals surface area contributed by atoms with E-state index in [1.807, 2.05) is 12.1 Å². The molecule has 2 N–H and O–H groups in total. The quantitative estimate of drug-likeness (QED) is 0.827. The molecule has 1 aliphatic heterocycles. The highest BCUT2D eigenvalue weighted by molar-refractivity contribution is 8.25. The molecule has 2 heterocycles. The number of carbonyl (C=O) groups excluding carboxylic acids is 1. The van der Waals surface area contributed by atoms with Crippen molar-refractivity contribution >= 4 is 58.3 Å². The van der Waals surface area contributed by atoms with Crippen LogP contribution in [0.4, 0.5) is 0 Å². The number of imidazole rings is 1. The summed E-state index contributed by atoms with van der Waals surface area (Å²) in [5.74, 6) is 0.336. The molecule has 0 saturated carbocycles. The molecule has 0 bridgehead atoms. The van der Waals surface area contributed by atoms with Crippen molar-refractivity contribution in [3.05, 3.63) is 56.8 Å². The van der Waals surface area contributed by atoms with Crippen molar-refractivity contribution < 1.29 is 4.79 Å². The summed E-state index contributed by atoms with van der Waals surface area (Å²) in [7, 11) is 0. The minimum Gasteiger partial charge on any atom is -0.364 e. The molecule has 3 rings (SSSR count). The van der Waals surface area contributed by atoms with Crippen molar-refractivity contribution in [2.24, 2.45) is 5.73 Å². The van der Waals surface area contributed by atoms with Crippen LogP contribution in [-0.4, -0.2) is 21.2 Å². The molecule has 8 heteroatoms. The average molecular weight is 372 g/mol. The summed E-state index contributed by atoms with van der Waals surface area (Å²) in [6, 6.07) is 5.48. The fourth-order valence-corrected chi connectivity index (χ4v) is 5.75. The van der Waals surface area contributed by atoms with E-state index in [9.17, 15) is 4.79 Å². The van der Waals surface area contributed by atoms with Crippen LogP contribution >= 0.6 is 46.7 Å². The highest BCUT2D eigenvalue weighted by Crippen LogP contribution is 2.53. The summed E-state index contributed by atoms with van der Waals surface area (Å²) < 4.78 is 2.52. The minimum atomic E-state index is -0.476. The largest absolute Gasteiger partial charge is 0.364 e. The topological polar surface area (TPSA) is 60.9 Å². The van der Waals surface area contributed by atoms with Crippen LogP contribution in [0.3, 0.4) is 0 Å². The summed E-state index contributed by atoms with van der Waals surface area (Å²) in [5.41, 5.74) is 6.98. The molecule has 0 radical (unpaired) electrons. The molecule has 4 nitrogen and oxygen atoms in total. The van der Waals surface area contributed by atoms with Gasteiger partial charge >= 0.3 is 0 Å². The van der Waals surface area contributed by atoms with Crippen LogP contribution in [0.25, 0.3) is 5.70 Å². The summed E-state index contributed by atoms with van der Waals surface area (Å²) >= 11 is 15.4. The van der Waals surface area contributed by atoms with Gasteiger partial charge in [-0.3, -0.25) is 9.36 Å². The molecule has 0 aliphatic carbocycles. The van der Waals surface area contributed by atoms with Gasteiger partial charge in [-0.15, -0.1) is 23.5 Å². The Hall–Kier alpha value is -1.08. The number of rotatable bonds is 3. The van der Waals surface area contributed by atoms with Gasteiger partial charge in [-0.25, -0.2) is 4.98 Å². The van der Waals surface area contributed by atoms with Crippen LogP contribution in [0.5, 0.6) is 0 Å². The fraction of sp³-hybridized carbons (Fsp3) is 0.143. The first-order valence-electron chi connectivity index (χ1n) is 6.33. The monoisotopic (exact) mass is 371 g/mol. The number of halogens is 2. The van der Waals surface area contributed by atoms with E-state index in [2.05, 4.69) is 4.98 Å². The van der Waals surface area contributed by atoms with Gasteiger partial charge in [-0.1, -0.05) is 29.3 Å². The number of nitrogens with two attached hydrogens (primary N) is 1. The van der Waals surface area contributed by atoms with Crippen molar-refractivity contribution in [1.82, 2.24) is 9.55 Å². The van der Waals surface area contributed by atoms with E-state index in [1.165, 1.54) is 0 Å². The lowest BCUT2D eigenvalue weighted by Crippen LogP contribution is -2.17. The van der Waals surface area contributed by atoms with Gasteiger partial charge in [0.2, 0.25) is 0 Å². The zero-order valence-corrected chi connectivity index (χ0v) is 14.3. The van der Waals surface area contributed by atoms with Gasteiger partial charge < -0.3 is 5.73 Å². The summed E-state index contributed by atoms with van der Waals surface area (Å²) in [6.07, 6.45) is 4.88. The predicted octanol–water partition coefficient (Wildman–Crippen LogP) is 4.02. The Morgan fingerprint density at radius 1 is 1.41 bits per heavy atom. The van der Waals surface area contributed by atoms with Crippen LogP contribution in [0.1, 0.15) is 10.8 Å². The van der Waals surface area contributed by atoms with Crippen LogP contribution in [-0.2, 0) is 4.79 Å². The lowest BCUT2D eigenvalue weighted by atomic mass is 10.2. The molecule has 2 aromatic rings. The summed E-state index contributed by atoms with van der Waals surface area (Å²) in [5, 5.41) is 1.40. The second kappa shape index (κ2) is 6.58. The zero-order chi connectivity index (χ0) is 15.7. The standard InChI is InChI=1S/C14H11Cl2N3OS2/c15-8-1-2-9(10(16)5-8)11-6-21-14(22-11)12(13(17)20)19-4-3-18-7-19/h1-5,7,11H,6H2,(H2,17,20). The van der Waals surface area contributed by atoms with E-state index in [-0.39, 0.29) is 5.25 Å². The van der Waals surface area contributed by atoms with E-state index < -0.39 is 5.91 Å². The average Bonchev–Trinajstić information content (AvgIpc) is 3.11. The van der Waals surface area contributed by atoms with Gasteiger partial charge in [-0.05, 0) is 17.7 Å². The number of carbonyl (C=O) groups is 1. The van der Waals surface area contributed by atoms with E-state index in [1.54, 1.807) is 52.9 Å². The van der Waals surface area contributed by atoms with Crippen LogP contribution in [0.2, 0.25) is 10.0 Å². The third-order valence-corrected chi connectivity index (χ3v) is 6.60. The molecule has 1 amide bonds. The van der Waals surface area contributed by atoms with Crippen molar-refractivity contribution in [1.29, 1.82) is 0 Å². The zero-order valence-electron chi connectivity index (χ0n) is 11.2. The molecule has 1 fully saturated rings. The Labute approximate surface area is 146 Å². The maximum absolute atomic E-state index is 11.8. The third kappa shape index (κ3) is 3.15. The molecule has 1 aromatic carbocycles. The van der Waals surface area contributed by atoms with Crippen LogP contribution in [0.15, 0.2) is 41.2 Å². The first-order valence-corrected chi connectivity index (χ1v) is 8.95. The first-order chi connectivity index (χ1) is 10.6. The van der Waals surface area contributed by atoms with Gasteiger partial charge in [0.15, 0.2) is 0 Å². The lowest BCUT2D eigenvalue weighted by molar-refractivity contribution is -0.113. The number of aromatic nitrogens is 2. The van der Waals surface area contributed by atoms with Gasteiger partial charge in [-0.2, -0.15) is 0 Å². The molecule has 1 saturated heterocycles. The molecule has 1 aliphatic rings. The molecule has 114 valence electrons. The Morgan fingerprint density at radius 2 is 2.23 bits per heavy atom. The Morgan fingerprint density at radius 3 is 2.86 bits per heavy atom. The lowest BCUT2D eigenvalue weighted by Gasteiger charge is -2.11. The molecule has 1 aromatic heterocycles. The second-order valence-corrected chi connectivity index (χ2v) is 7.90. The van der Waals surface area contributed by atoms with Gasteiger partial charge in [0.05, 0.1) is 10.6 Å². The number of benzene rings is 1. The number of thioether (sulfide) groups is 2. The normalized spacial score (nSPS) is 20.2. The number of amides is 1. The molecule has 22 heavy (non-hydrogen) atoms. The molecular formula is C14H11Cl2N3OS2. The van der Waals surface area contributed by atoms with Gasteiger partial charge in [0.25, 0.3) is 5.91 Å². The molecule has 1 unspecified atom stereocenters. The molecule has 1 atom stereocenters. The smallest absolute Gasteiger partial charge is 0.267 e. The summed E-state index contributed by atoms with van der Waals surface area (Å²) in [6.45, 7) is 0. The first kappa shape index (κ1) is 15.8. The van der Waals surface area contributed by atoms with E-state index >= 15 is 0 Å². The third-order valence-electron chi connectivity index (χ3n) is 3.11. The van der Waals surface area contributed by atoms with Crippen molar-refractivity contribution in [3.63, 3.8) is 0 Å². The fourth-order valence-electron chi connectivity index (χ4n) is 2.11. The maximum atomic E-state index is 11.8. The van der Waals surface area contributed by atoms with Crippen molar-refractivity contribution in [3.8, 4) is 0 Å².